The van der Waals surface area contributed by atoms with Gasteiger partial charge in [0.25, 0.3) is 0 Å². The summed E-state index contributed by atoms with van der Waals surface area (Å²) in [5.74, 6) is 0. The first-order valence-corrected chi connectivity index (χ1v) is 8.25. The maximum absolute atomic E-state index is 6.14. The van der Waals surface area contributed by atoms with E-state index in [4.69, 9.17) is 5.73 Å². The summed E-state index contributed by atoms with van der Waals surface area (Å²) < 4.78 is 0. The molecule has 1 saturated carbocycles. The average Bonchev–Trinajstić information content (AvgIpc) is 2.95. The molecule has 0 saturated heterocycles. The summed E-state index contributed by atoms with van der Waals surface area (Å²) in [6.07, 6.45) is 10.5. The zero-order chi connectivity index (χ0) is 14.0. The molecule has 2 N–H and O–H groups in total. The fraction of sp³-hybridized carbons (Fsp3) is 0.667. The van der Waals surface area contributed by atoms with Gasteiger partial charge >= 0.3 is 0 Å². The smallest absolute Gasteiger partial charge is 0.0332 e. The molecule has 2 aliphatic rings. The quantitative estimate of drug-likeness (QED) is 0.911. The van der Waals surface area contributed by atoms with E-state index < -0.39 is 0 Å². The maximum Gasteiger partial charge on any atom is 0.0332 e. The molecule has 0 unspecified atom stereocenters. The third kappa shape index (κ3) is 2.64. The lowest BCUT2D eigenvalue weighted by Gasteiger charge is -2.44. The molecule has 3 rings (SSSR count). The van der Waals surface area contributed by atoms with Gasteiger partial charge in [0.1, 0.15) is 0 Å². The number of fused-ring (bicyclic) bond motifs is 1. The van der Waals surface area contributed by atoms with E-state index in [9.17, 15) is 0 Å². The molecular formula is C18H28N2. The highest BCUT2D eigenvalue weighted by atomic mass is 15.2. The van der Waals surface area contributed by atoms with Crippen LogP contribution in [0.2, 0.25) is 0 Å². The minimum atomic E-state index is 0.247. The van der Waals surface area contributed by atoms with Crippen LogP contribution in [0.4, 0.5) is 0 Å². The molecule has 0 radical (unpaired) electrons. The fourth-order valence-electron chi connectivity index (χ4n) is 4.12. The molecule has 110 valence electrons. The van der Waals surface area contributed by atoms with Crippen molar-refractivity contribution in [1.82, 2.24) is 4.90 Å². The molecule has 1 fully saturated rings. The van der Waals surface area contributed by atoms with E-state index >= 15 is 0 Å². The van der Waals surface area contributed by atoms with Crippen molar-refractivity contribution in [3.63, 3.8) is 0 Å². The number of hydrogen-bond acceptors (Lipinski definition) is 2. The van der Waals surface area contributed by atoms with Gasteiger partial charge in [0.2, 0.25) is 0 Å². The zero-order valence-corrected chi connectivity index (χ0v) is 12.8. The normalized spacial score (nSPS) is 21.1. The summed E-state index contributed by atoms with van der Waals surface area (Å²) in [6.45, 7) is 1.85. The molecule has 2 heteroatoms. The summed E-state index contributed by atoms with van der Waals surface area (Å²) in [6, 6.07) is 7.11. The monoisotopic (exact) mass is 272 g/mol. The van der Waals surface area contributed by atoms with Crippen molar-refractivity contribution >= 4 is 0 Å². The number of rotatable bonds is 4. The molecule has 0 amide bonds. The third-order valence-electron chi connectivity index (χ3n) is 5.56. The van der Waals surface area contributed by atoms with Crippen LogP contribution in [0.1, 0.15) is 55.2 Å². The number of hydrogen-bond donors (Lipinski definition) is 1. The highest BCUT2D eigenvalue weighted by Crippen LogP contribution is 2.33. The molecular weight excluding hydrogens is 244 g/mol. The minimum absolute atomic E-state index is 0.247. The highest BCUT2D eigenvalue weighted by Gasteiger charge is 2.34. The Balaban J connectivity index is 1.73. The van der Waals surface area contributed by atoms with Gasteiger partial charge in [-0.15, -0.1) is 0 Å². The minimum Gasteiger partial charge on any atom is -0.329 e. The number of nitrogens with zero attached hydrogens (tertiary/aromatic N) is 1. The molecule has 1 aromatic rings. The van der Waals surface area contributed by atoms with Crippen LogP contribution in [0.15, 0.2) is 18.2 Å². The van der Waals surface area contributed by atoms with Crippen molar-refractivity contribution in [3.05, 3.63) is 34.9 Å². The van der Waals surface area contributed by atoms with Gasteiger partial charge in [0.15, 0.2) is 0 Å². The summed E-state index contributed by atoms with van der Waals surface area (Å²) in [7, 11) is 2.27. The topological polar surface area (TPSA) is 29.3 Å². The van der Waals surface area contributed by atoms with Gasteiger partial charge in [0, 0.05) is 18.6 Å². The van der Waals surface area contributed by atoms with Crippen LogP contribution < -0.4 is 5.73 Å². The molecule has 0 aromatic heterocycles. The third-order valence-corrected chi connectivity index (χ3v) is 5.56. The lowest BCUT2D eigenvalue weighted by molar-refractivity contribution is 0.0758. The second kappa shape index (κ2) is 5.87. The fourth-order valence-corrected chi connectivity index (χ4v) is 4.12. The molecule has 20 heavy (non-hydrogen) atoms. The number of nitrogens with two attached hydrogens (primary N) is 1. The van der Waals surface area contributed by atoms with Crippen LogP contribution in [0.5, 0.6) is 0 Å². The molecule has 0 bridgehead atoms. The van der Waals surface area contributed by atoms with E-state index in [1.807, 2.05) is 0 Å². The molecule has 0 aliphatic heterocycles. The molecule has 0 atom stereocenters. The lowest BCUT2D eigenvalue weighted by atomic mass is 9.80. The van der Waals surface area contributed by atoms with E-state index in [0.29, 0.717) is 0 Å². The molecule has 2 aliphatic carbocycles. The van der Waals surface area contributed by atoms with Crippen LogP contribution in [0.25, 0.3) is 0 Å². The first kappa shape index (κ1) is 14.1. The van der Waals surface area contributed by atoms with E-state index in [2.05, 4.69) is 30.1 Å². The van der Waals surface area contributed by atoms with Gasteiger partial charge in [-0.1, -0.05) is 37.5 Å². The van der Waals surface area contributed by atoms with Gasteiger partial charge in [-0.2, -0.15) is 0 Å². The van der Waals surface area contributed by atoms with E-state index in [-0.39, 0.29) is 5.54 Å². The first-order chi connectivity index (χ1) is 9.73. The predicted octanol–water partition coefficient (Wildman–Crippen LogP) is 3.27. The summed E-state index contributed by atoms with van der Waals surface area (Å²) in [5.41, 5.74) is 11.0. The second-order valence-corrected chi connectivity index (χ2v) is 6.80. The summed E-state index contributed by atoms with van der Waals surface area (Å²) in [5, 5.41) is 0. The van der Waals surface area contributed by atoms with Crippen molar-refractivity contribution in [2.75, 3.05) is 13.6 Å². The Labute approximate surface area is 123 Å². The van der Waals surface area contributed by atoms with E-state index in [1.165, 1.54) is 56.9 Å². The standard InChI is InChI=1S/C18H28N2/c1-20(18(14-19)10-3-2-4-11-18)13-15-8-9-16-6-5-7-17(16)12-15/h8-9,12H,2-7,10-11,13-14,19H2,1H3. The van der Waals surface area contributed by atoms with Crippen LogP contribution in [0, 0.1) is 0 Å². The van der Waals surface area contributed by atoms with Gasteiger partial charge in [-0.3, -0.25) is 4.90 Å². The Morgan fingerprint density at radius 1 is 1.05 bits per heavy atom. The largest absolute Gasteiger partial charge is 0.329 e. The van der Waals surface area contributed by atoms with E-state index in [0.717, 1.165) is 13.1 Å². The Kier molecular flexibility index (Phi) is 4.13. The Morgan fingerprint density at radius 2 is 1.80 bits per heavy atom. The van der Waals surface area contributed by atoms with Crippen molar-refractivity contribution in [3.8, 4) is 0 Å². The number of aryl methyl sites for hydroxylation is 2. The van der Waals surface area contributed by atoms with Crippen LogP contribution in [-0.4, -0.2) is 24.0 Å². The molecule has 0 heterocycles. The first-order valence-electron chi connectivity index (χ1n) is 8.25. The maximum atomic E-state index is 6.14. The van der Waals surface area contributed by atoms with Gasteiger partial charge in [-0.05, 0) is 55.8 Å². The number of likely N-dealkylation sites (N-methyl/N-ethyl adjacent to an activating group) is 1. The van der Waals surface area contributed by atoms with Crippen molar-refractivity contribution in [2.45, 2.75) is 63.5 Å². The molecule has 2 nitrogen and oxygen atoms in total. The zero-order valence-electron chi connectivity index (χ0n) is 12.8. The van der Waals surface area contributed by atoms with Gasteiger partial charge < -0.3 is 5.73 Å². The lowest BCUT2D eigenvalue weighted by Crippen LogP contribution is -2.52. The van der Waals surface area contributed by atoms with Crippen molar-refractivity contribution < 1.29 is 0 Å². The highest BCUT2D eigenvalue weighted by molar-refractivity contribution is 5.35. The number of benzene rings is 1. The molecule has 0 spiro atoms. The Bertz CT molecular complexity index is 460. The average molecular weight is 272 g/mol. The Hall–Kier alpha value is -0.860. The summed E-state index contributed by atoms with van der Waals surface area (Å²) >= 11 is 0. The van der Waals surface area contributed by atoms with Crippen molar-refractivity contribution in [2.24, 2.45) is 5.73 Å². The van der Waals surface area contributed by atoms with Crippen LogP contribution in [-0.2, 0) is 19.4 Å². The van der Waals surface area contributed by atoms with E-state index in [1.54, 1.807) is 11.1 Å². The van der Waals surface area contributed by atoms with Gasteiger partial charge in [-0.25, -0.2) is 0 Å². The predicted molar refractivity (Wildman–Crippen MR) is 84.8 cm³/mol. The van der Waals surface area contributed by atoms with Crippen molar-refractivity contribution in [1.29, 1.82) is 0 Å². The van der Waals surface area contributed by atoms with Crippen LogP contribution >= 0.6 is 0 Å². The second-order valence-electron chi connectivity index (χ2n) is 6.80. The summed E-state index contributed by atoms with van der Waals surface area (Å²) in [4.78, 5) is 2.53. The van der Waals surface area contributed by atoms with Crippen LogP contribution in [0.3, 0.4) is 0 Å². The van der Waals surface area contributed by atoms with Gasteiger partial charge in [0.05, 0.1) is 0 Å². The Morgan fingerprint density at radius 3 is 2.55 bits per heavy atom. The SMILES string of the molecule is CN(Cc1ccc2c(c1)CCC2)C1(CN)CCCCC1. The molecule has 1 aromatic carbocycles.